The van der Waals surface area contributed by atoms with Gasteiger partial charge in [-0.2, -0.15) is 0 Å². The molecule has 254 valence electrons. The minimum absolute atomic E-state index is 0.0260. The molecular formula is C36H55N3O6Si. The maximum atomic E-state index is 13.5. The molecule has 4 atom stereocenters. The van der Waals surface area contributed by atoms with Gasteiger partial charge in [-0.15, -0.1) is 6.58 Å². The third-order valence-corrected chi connectivity index (χ3v) is 13.7. The Bertz CT molecular complexity index is 1300. The highest BCUT2D eigenvalue weighted by Crippen LogP contribution is 2.38. The largest absolute Gasteiger partial charge is 0.460 e. The van der Waals surface area contributed by atoms with Gasteiger partial charge >= 0.3 is 5.97 Å². The first-order valence-electron chi connectivity index (χ1n) is 16.7. The maximum Gasteiger partial charge on any atom is 0.329 e. The summed E-state index contributed by atoms with van der Waals surface area (Å²) in [6, 6.07) is -0.706. The SMILES string of the molecule is C=CC[C@@H]1/C=C/C(=O)NC/C=C/C(C)=C/C(O[Si](C)(C)C(C)(C)C)CCCc2nc(co2)C(=O)N2CCC[C@@H]2C(=O)O[C@@H]1C(C)C. The smallest absolute Gasteiger partial charge is 0.329 e. The maximum absolute atomic E-state index is 13.5. The van der Waals surface area contributed by atoms with Crippen molar-refractivity contribution in [3.63, 3.8) is 0 Å². The summed E-state index contributed by atoms with van der Waals surface area (Å²) in [5.41, 5.74) is 1.24. The van der Waals surface area contributed by atoms with Crippen LogP contribution >= 0.6 is 0 Å². The number of amides is 2. The number of allylic oxidation sites excluding steroid dienone is 3. The Hall–Kier alpha value is -3.24. The number of hydrogen-bond acceptors (Lipinski definition) is 7. The van der Waals surface area contributed by atoms with Crippen molar-refractivity contribution in [2.75, 3.05) is 13.1 Å². The number of nitrogens with one attached hydrogen (secondary N) is 1. The zero-order valence-corrected chi connectivity index (χ0v) is 30.1. The van der Waals surface area contributed by atoms with Gasteiger partial charge in [-0.25, -0.2) is 9.78 Å². The van der Waals surface area contributed by atoms with Gasteiger partial charge < -0.3 is 23.8 Å². The average molecular weight is 654 g/mol. The van der Waals surface area contributed by atoms with Crippen LogP contribution in [0.4, 0.5) is 0 Å². The lowest BCUT2D eigenvalue weighted by Crippen LogP contribution is -2.44. The molecule has 9 nitrogen and oxygen atoms in total. The minimum atomic E-state index is -2.06. The molecule has 2 bridgehead atoms. The number of aromatic nitrogens is 1. The lowest BCUT2D eigenvalue weighted by atomic mass is 9.89. The molecule has 0 aliphatic carbocycles. The topological polar surface area (TPSA) is 111 Å². The second kappa shape index (κ2) is 16.5. The highest BCUT2D eigenvalue weighted by Gasteiger charge is 2.40. The molecule has 3 heterocycles. The summed E-state index contributed by atoms with van der Waals surface area (Å²) in [6.07, 6.45) is 15.7. The zero-order chi connectivity index (χ0) is 34.1. The lowest BCUT2D eigenvalue weighted by Gasteiger charge is -2.38. The number of rotatable bonds is 5. The predicted molar refractivity (Wildman–Crippen MR) is 184 cm³/mol. The minimum Gasteiger partial charge on any atom is -0.460 e. The van der Waals surface area contributed by atoms with Gasteiger partial charge in [0.15, 0.2) is 19.9 Å². The third kappa shape index (κ3) is 10.4. The number of carbonyl (C=O) groups excluding carboxylic acids is 3. The summed E-state index contributed by atoms with van der Waals surface area (Å²) in [5.74, 6) is -0.803. The highest BCUT2D eigenvalue weighted by atomic mass is 28.4. The van der Waals surface area contributed by atoms with Crippen molar-refractivity contribution in [3.05, 3.63) is 66.5 Å². The van der Waals surface area contributed by atoms with Crippen molar-refractivity contribution >= 4 is 26.1 Å². The molecule has 3 rings (SSSR count). The number of carbonyl (C=O) groups is 3. The summed E-state index contributed by atoms with van der Waals surface area (Å²) in [6.45, 7) is 21.8. The fraction of sp³-hybridized carbons (Fsp3) is 0.611. The summed E-state index contributed by atoms with van der Waals surface area (Å²) in [4.78, 5) is 45.8. The van der Waals surface area contributed by atoms with Crippen LogP contribution in [0.1, 0.15) is 90.0 Å². The summed E-state index contributed by atoms with van der Waals surface area (Å²) in [7, 11) is -2.06. The van der Waals surface area contributed by atoms with E-state index in [1.807, 2.05) is 32.9 Å². The predicted octanol–water partition coefficient (Wildman–Crippen LogP) is 6.94. The average Bonchev–Trinajstić information content (AvgIpc) is 3.65. The van der Waals surface area contributed by atoms with Crippen LogP contribution in [0.2, 0.25) is 18.1 Å². The third-order valence-electron chi connectivity index (χ3n) is 9.18. The number of esters is 1. The molecule has 1 aromatic heterocycles. The van der Waals surface area contributed by atoms with Crippen LogP contribution < -0.4 is 5.32 Å². The molecule has 0 spiro atoms. The first kappa shape index (κ1) is 37.2. The van der Waals surface area contributed by atoms with Crippen molar-refractivity contribution in [2.24, 2.45) is 11.8 Å². The molecule has 1 saturated heterocycles. The van der Waals surface area contributed by atoms with Crippen molar-refractivity contribution in [1.29, 1.82) is 0 Å². The number of oxazole rings is 1. The van der Waals surface area contributed by atoms with Gasteiger partial charge in [0.25, 0.3) is 5.91 Å². The van der Waals surface area contributed by atoms with Crippen LogP contribution in [0.25, 0.3) is 0 Å². The van der Waals surface area contributed by atoms with Crippen molar-refractivity contribution in [2.45, 2.75) is 116 Å². The number of nitrogens with zero attached hydrogens (tertiary/aromatic N) is 2. The van der Waals surface area contributed by atoms with Gasteiger partial charge in [-0.3, -0.25) is 9.59 Å². The van der Waals surface area contributed by atoms with Gasteiger partial charge in [0.2, 0.25) is 5.91 Å². The Balaban J connectivity index is 1.92. The van der Waals surface area contributed by atoms with E-state index >= 15 is 0 Å². The molecule has 0 aromatic carbocycles. The quantitative estimate of drug-likeness (QED) is 0.208. The van der Waals surface area contributed by atoms with E-state index in [1.54, 1.807) is 17.1 Å². The lowest BCUT2D eigenvalue weighted by molar-refractivity contribution is -0.158. The molecule has 2 aliphatic heterocycles. The Morgan fingerprint density at radius 1 is 1.17 bits per heavy atom. The van der Waals surface area contributed by atoms with E-state index in [-0.39, 0.29) is 40.5 Å². The normalized spacial score (nSPS) is 27.3. The van der Waals surface area contributed by atoms with Crippen molar-refractivity contribution in [1.82, 2.24) is 15.2 Å². The van der Waals surface area contributed by atoms with Crippen LogP contribution in [0.15, 0.2) is 59.3 Å². The molecule has 46 heavy (non-hydrogen) atoms. The Kier molecular flexibility index (Phi) is 13.4. The van der Waals surface area contributed by atoms with Gasteiger partial charge in [0.05, 0.1) is 6.10 Å². The van der Waals surface area contributed by atoms with Crippen LogP contribution in [0, 0.1) is 11.8 Å². The van der Waals surface area contributed by atoms with Crippen LogP contribution in [-0.4, -0.2) is 67.3 Å². The molecule has 0 radical (unpaired) electrons. The first-order valence-corrected chi connectivity index (χ1v) is 19.6. The van der Waals surface area contributed by atoms with E-state index in [0.29, 0.717) is 44.7 Å². The number of aryl methyl sites for hydroxylation is 1. The van der Waals surface area contributed by atoms with Crippen LogP contribution in [-0.2, 0) is 25.2 Å². The standard InChI is InChI=1S/C36H55N3O6Si/c1-10-14-27-19-20-31(40)37-21-12-15-26(4)23-28(45-46(8,9)36(5,6)7)16-11-18-32-38-29(24-43-32)34(41)39-22-13-17-30(39)35(42)44-33(27)25(2)3/h10,12,15,19-20,23-25,27-28,30,33H,1,11,13-14,16-18,21-22H2,2-9H3,(H,37,40)/b15-12+,20-19+,26-23+/t27-,28?,30-,33-/m1/s1. The Labute approximate surface area is 276 Å². The number of ether oxygens (including phenoxy) is 1. The van der Waals surface area contributed by atoms with Gasteiger partial charge in [-0.05, 0) is 69.2 Å². The van der Waals surface area contributed by atoms with E-state index in [9.17, 15) is 14.4 Å². The molecule has 1 unspecified atom stereocenters. The van der Waals surface area contributed by atoms with Crippen LogP contribution in [0.5, 0.6) is 0 Å². The molecule has 2 aliphatic rings. The highest BCUT2D eigenvalue weighted by molar-refractivity contribution is 6.74. The van der Waals surface area contributed by atoms with Gasteiger partial charge in [-0.1, -0.05) is 70.6 Å². The van der Waals surface area contributed by atoms with E-state index in [4.69, 9.17) is 13.6 Å². The summed E-state index contributed by atoms with van der Waals surface area (Å²) < 4.78 is 18.6. The summed E-state index contributed by atoms with van der Waals surface area (Å²) in [5, 5.41) is 2.96. The summed E-state index contributed by atoms with van der Waals surface area (Å²) >= 11 is 0. The number of cyclic esters (lactones) is 1. The van der Waals surface area contributed by atoms with E-state index in [1.165, 1.54) is 12.3 Å². The molecule has 2 amide bonds. The molecule has 1 aromatic rings. The first-order chi connectivity index (χ1) is 21.6. The van der Waals surface area contributed by atoms with Crippen molar-refractivity contribution < 1.29 is 28.0 Å². The van der Waals surface area contributed by atoms with E-state index < -0.39 is 26.4 Å². The number of hydrogen-bond donors (Lipinski definition) is 1. The molecule has 1 N–H and O–H groups in total. The van der Waals surface area contributed by atoms with Crippen LogP contribution in [0.3, 0.4) is 0 Å². The Morgan fingerprint density at radius 2 is 1.91 bits per heavy atom. The molecule has 0 saturated carbocycles. The molecule has 10 heteroatoms. The second-order valence-corrected chi connectivity index (χ2v) is 19.1. The fourth-order valence-corrected chi connectivity index (χ4v) is 6.88. The van der Waals surface area contributed by atoms with Gasteiger partial charge in [0.1, 0.15) is 18.4 Å². The zero-order valence-electron chi connectivity index (χ0n) is 29.1. The van der Waals surface area contributed by atoms with E-state index in [0.717, 1.165) is 18.4 Å². The Morgan fingerprint density at radius 3 is 2.59 bits per heavy atom. The number of fused-ring (bicyclic) bond motifs is 3. The molecule has 1 fully saturated rings. The second-order valence-electron chi connectivity index (χ2n) is 14.3. The fourth-order valence-electron chi connectivity index (χ4n) is 5.58. The van der Waals surface area contributed by atoms with Gasteiger partial charge in [0, 0.05) is 25.4 Å². The van der Waals surface area contributed by atoms with Crippen molar-refractivity contribution in [3.8, 4) is 0 Å². The van der Waals surface area contributed by atoms with E-state index in [2.05, 4.69) is 56.8 Å². The molecular weight excluding hydrogens is 598 g/mol. The monoisotopic (exact) mass is 653 g/mol.